The molecule has 2 aromatic rings. The molecule has 1 N–H and O–H groups in total. The number of nitrogens with one attached hydrogen (secondary N) is 1. The molecule has 1 aromatic heterocycles. The first-order valence-corrected chi connectivity index (χ1v) is 5.85. The molecule has 0 aliphatic rings. The van der Waals surface area contributed by atoms with E-state index in [0.717, 1.165) is 16.9 Å². The van der Waals surface area contributed by atoms with E-state index in [-0.39, 0.29) is 17.2 Å². The van der Waals surface area contributed by atoms with Gasteiger partial charge in [0.05, 0.1) is 11.3 Å². The maximum absolute atomic E-state index is 12.7. The van der Waals surface area contributed by atoms with Crippen molar-refractivity contribution in [1.82, 2.24) is 15.0 Å². The summed E-state index contributed by atoms with van der Waals surface area (Å²) in [5, 5.41) is 19.6. The second-order valence-electron chi connectivity index (χ2n) is 4.02. The summed E-state index contributed by atoms with van der Waals surface area (Å²) in [5.41, 5.74) is -0.696. The van der Waals surface area contributed by atoms with Crippen LogP contribution >= 0.6 is 0 Å². The predicted octanol–water partition coefficient (Wildman–Crippen LogP) is 2.76. The Balaban J connectivity index is 2.41. The highest BCUT2D eigenvalue weighted by Gasteiger charge is 2.30. The average molecular weight is 293 g/mol. The van der Waals surface area contributed by atoms with Crippen molar-refractivity contribution in [3.8, 4) is 11.8 Å². The highest BCUT2D eigenvalue weighted by atomic mass is 19.4. The summed E-state index contributed by atoms with van der Waals surface area (Å²) in [6.45, 7) is 3.87. The molecule has 0 aliphatic heterocycles. The van der Waals surface area contributed by atoms with Gasteiger partial charge in [0.2, 0.25) is 5.69 Å². The Morgan fingerprint density at radius 3 is 2.76 bits per heavy atom. The van der Waals surface area contributed by atoms with Gasteiger partial charge in [0.1, 0.15) is 6.07 Å². The molecule has 21 heavy (non-hydrogen) atoms. The molecule has 0 bridgehead atoms. The smallest absolute Gasteiger partial charge is 0.363 e. The van der Waals surface area contributed by atoms with Crippen molar-refractivity contribution >= 4 is 5.82 Å². The van der Waals surface area contributed by atoms with Crippen molar-refractivity contribution in [1.29, 1.82) is 5.26 Å². The van der Waals surface area contributed by atoms with E-state index < -0.39 is 11.7 Å². The third-order valence-electron chi connectivity index (χ3n) is 2.54. The minimum absolute atomic E-state index is 0.00531. The Morgan fingerprint density at radius 1 is 1.38 bits per heavy atom. The van der Waals surface area contributed by atoms with Crippen molar-refractivity contribution < 1.29 is 13.2 Å². The van der Waals surface area contributed by atoms with Gasteiger partial charge in [-0.1, -0.05) is 12.1 Å². The molecule has 1 heterocycles. The molecule has 5 nitrogen and oxygen atoms in total. The lowest BCUT2D eigenvalue weighted by atomic mass is 10.2. The van der Waals surface area contributed by atoms with Crippen LogP contribution in [0.25, 0.3) is 5.69 Å². The lowest BCUT2D eigenvalue weighted by molar-refractivity contribution is -0.137. The van der Waals surface area contributed by atoms with Gasteiger partial charge in [0, 0.05) is 6.54 Å². The van der Waals surface area contributed by atoms with Crippen LogP contribution in [0.15, 0.2) is 36.9 Å². The van der Waals surface area contributed by atoms with Gasteiger partial charge in [-0.05, 0) is 18.2 Å². The largest absolute Gasteiger partial charge is 0.416 e. The zero-order valence-electron chi connectivity index (χ0n) is 10.7. The first kappa shape index (κ1) is 14.6. The zero-order chi connectivity index (χ0) is 15.5. The fourth-order valence-electron chi connectivity index (χ4n) is 1.59. The van der Waals surface area contributed by atoms with Gasteiger partial charge >= 0.3 is 6.18 Å². The number of alkyl halides is 3. The lowest BCUT2D eigenvalue weighted by Gasteiger charge is -2.07. The number of benzene rings is 1. The Labute approximate surface area is 118 Å². The van der Waals surface area contributed by atoms with Gasteiger partial charge in [-0.25, -0.2) is 0 Å². The van der Waals surface area contributed by atoms with Crippen molar-refractivity contribution in [2.75, 3.05) is 11.9 Å². The quantitative estimate of drug-likeness (QED) is 0.880. The molecule has 0 spiro atoms. The van der Waals surface area contributed by atoms with Crippen LogP contribution in [0.3, 0.4) is 0 Å². The molecule has 0 saturated carbocycles. The van der Waals surface area contributed by atoms with Crippen LogP contribution in [0.2, 0.25) is 0 Å². The minimum atomic E-state index is -4.45. The molecular formula is C13H10F3N5. The topological polar surface area (TPSA) is 66.5 Å². The number of rotatable bonds is 4. The molecule has 1 aromatic carbocycles. The summed E-state index contributed by atoms with van der Waals surface area (Å²) in [4.78, 5) is 0.985. The second-order valence-corrected chi connectivity index (χ2v) is 4.02. The van der Waals surface area contributed by atoms with Gasteiger partial charge in [0.15, 0.2) is 5.82 Å². The molecule has 0 radical (unpaired) electrons. The number of halogens is 3. The van der Waals surface area contributed by atoms with E-state index in [4.69, 9.17) is 5.26 Å². The molecule has 0 atom stereocenters. The van der Waals surface area contributed by atoms with Gasteiger partial charge in [-0.3, -0.25) is 0 Å². The average Bonchev–Trinajstić information content (AvgIpc) is 2.87. The van der Waals surface area contributed by atoms with Gasteiger partial charge < -0.3 is 5.32 Å². The van der Waals surface area contributed by atoms with E-state index in [1.54, 1.807) is 6.08 Å². The highest BCUT2D eigenvalue weighted by Crippen LogP contribution is 2.30. The Hall–Kier alpha value is -2.82. The number of nitrogens with zero attached hydrogens (tertiary/aromatic N) is 4. The Bertz CT molecular complexity index is 697. The third kappa shape index (κ3) is 3.20. The van der Waals surface area contributed by atoms with Crippen LogP contribution in [0.4, 0.5) is 19.0 Å². The van der Waals surface area contributed by atoms with Crippen LogP contribution in [-0.2, 0) is 6.18 Å². The molecule has 2 rings (SSSR count). The number of anilines is 1. The first-order chi connectivity index (χ1) is 9.95. The van der Waals surface area contributed by atoms with Crippen LogP contribution in [0.1, 0.15) is 11.3 Å². The molecule has 0 amide bonds. The van der Waals surface area contributed by atoms with E-state index in [9.17, 15) is 13.2 Å². The summed E-state index contributed by atoms with van der Waals surface area (Å²) in [6, 6.07) is 6.37. The van der Waals surface area contributed by atoms with Crippen LogP contribution in [-0.4, -0.2) is 21.5 Å². The summed E-state index contributed by atoms with van der Waals surface area (Å²) in [5.74, 6) is 0.190. The summed E-state index contributed by atoms with van der Waals surface area (Å²) < 4.78 is 38.0. The minimum Gasteiger partial charge on any atom is -0.363 e. The van der Waals surface area contributed by atoms with Crippen molar-refractivity contribution in [3.05, 3.63) is 48.2 Å². The molecular weight excluding hydrogens is 283 g/mol. The van der Waals surface area contributed by atoms with E-state index in [2.05, 4.69) is 22.1 Å². The normalized spacial score (nSPS) is 11.0. The fraction of sp³-hybridized carbons (Fsp3) is 0.154. The van der Waals surface area contributed by atoms with Crippen LogP contribution in [0, 0.1) is 11.3 Å². The van der Waals surface area contributed by atoms with E-state index in [0.29, 0.717) is 6.54 Å². The van der Waals surface area contributed by atoms with Gasteiger partial charge in [0.25, 0.3) is 0 Å². The standard InChI is InChI=1S/C13H10F3N5/c1-2-6-18-12-11(8-17)19-21(20-12)10-5-3-4-9(7-10)13(14,15)16/h2-5,7H,1,6H2,(H,18,20). The Morgan fingerprint density at radius 2 is 2.14 bits per heavy atom. The molecule has 8 heteroatoms. The molecule has 0 unspecified atom stereocenters. The molecule has 0 saturated heterocycles. The summed E-state index contributed by atoms with van der Waals surface area (Å²) in [7, 11) is 0. The third-order valence-corrected chi connectivity index (χ3v) is 2.54. The van der Waals surface area contributed by atoms with E-state index in [1.165, 1.54) is 12.1 Å². The van der Waals surface area contributed by atoms with Gasteiger partial charge in [-0.15, -0.1) is 21.6 Å². The summed E-state index contributed by atoms with van der Waals surface area (Å²) in [6.07, 6.45) is -2.89. The summed E-state index contributed by atoms with van der Waals surface area (Å²) >= 11 is 0. The second kappa shape index (κ2) is 5.66. The van der Waals surface area contributed by atoms with Crippen LogP contribution in [0.5, 0.6) is 0 Å². The van der Waals surface area contributed by atoms with Crippen molar-refractivity contribution in [2.24, 2.45) is 0 Å². The van der Waals surface area contributed by atoms with E-state index in [1.807, 2.05) is 6.07 Å². The highest BCUT2D eigenvalue weighted by molar-refractivity contribution is 5.48. The predicted molar refractivity (Wildman–Crippen MR) is 69.8 cm³/mol. The van der Waals surface area contributed by atoms with Crippen molar-refractivity contribution in [3.63, 3.8) is 0 Å². The number of nitriles is 1. The molecule has 0 fully saturated rings. The first-order valence-electron chi connectivity index (χ1n) is 5.85. The maximum Gasteiger partial charge on any atom is 0.416 e. The number of aromatic nitrogens is 3. The SMILES string of the molecule is C=CCNc1nn(-c2cccc(C(F)(F)F)c2)nc1C#N. The zero-order valence-corrected chi connectivity index (χ0v) is 10.7. The van der Waals surface area contributed by atoms with Crippen LogP contribution < -0.4 is 5.32 Å². The fourth-order valence-corrected chi connectivity index (χ4v) is 1.59. The monoisotopic (exact) mass is 293 g/mol. The van der Waals surface area contributed by atoms with E-state index >= 15 is 0 Å². The van der Waals surface area contributed by atoms with Gasteiger partial charge in [-0.2, -0.15) is 18.4 Å². The maximum atomic E-state index is 12.7. The van der Waals surface area contributed by atoms with Crippen molar-refractivity contribution in [2.45, 2.75) is 6.18 Å². The molecule has 0 aliphatic carbocycles. The number of hydrogen-bond acceptors (Lipinski definition) is 4. The lowest BCUT2D eigenvalue weighted by Crippen LogP contribution is -2.07. The molecule has 108 valence electrons. The number of hydrogen-bond donors (Lipinski definition) is 1. The Kier molecular flexibility index (Phi) is 3.93.